The van der Waals surface area contributed by atoms with Crippen LogP contribution in [-0.4, -0.2) is 50.6 Å². The van der Waals surface area contributed by atoms with Crippen molar-refractivity contribution in [2.75, 3.05) is 5.75 Å². The van der Waals surface area contributed by atoms with Crippen LogP contribution in [0.3, 0.4) is 0 Å². The molecule has 1 unspecified atom stereocenters. The fourth-order valence-corrected chi connectivity index (χ4v) is 5.70. The summed E-state index contributed by atoms with van der Waals surface area (Å²) >= 11 is 1.53. The number of rotatable bonds is 5. The third-order valence-corrected chi connectivity index (χ3v) is 7.01. The molecule has 2 aliphatic rings. The molecular formula is C22H19N3O4S. The third kappa shape index (κ3) is 2.95. The molecule has 5 rings (SSSR count). The van der Waals surface area contributed by atoms with Gasteiger partial charge < -0.3 is 20.3 Å². The Balaban J connectivity index is 1.35. The van der Waals surface area contributed by atoms with E-state index in [0.717, 1.165) is 22.0 Å². The molecule has 3 aromatic rings. The van der Waals surface area contributed by atoms with Gasteiger partial charge in [-0.15, -0.1) is 11.8 Å². The van der Waals surface area contributed by atoms with Crippen LogP contribution in [0, 0.1) is 0 Å². The Morgan fingerprint density at radius 2 is 1.97 bits per heavy atom. The number of carbonyl (C=O) groups is 3. The molecule has 3 heterocycles. The van der Waals surface area contributed by atoms with Gasteiger partial charge in [0.25, 0.3) is 5.91 Å². The zero-order chi connectivity index (χ0) is 20.8. The Bertz CT molecular complexity index is 1170. The van der Waals surface area contributed by atoms with Gasteiger partial charge in [0.15, 0.2) is 0 Å². The molecule has 3 N–H and O–H groups in total. The average Bonchev–Trinajstić information content (AvgIpc) is 3.43. The second-order valence-corrected chi connectivity index (χ2v) is 8.58. The molecule has 152 valence electrons. The van der Waals surface area contributed by atoms with E-state index in [1.807, 2.05) is 36.4 Å². The zero-order valence-electron chi connectivity index (χ0n) is 15.9. The summed E-state index contributed by atoms with van der Waals surface area (Å²) in [7, 11) is 0. The number of fused-ring (bicyclic) bond motifs is 4. The first-order valence-electron chi connectivity index (χ1n) is 9.66. The van der Waals surface area contributed by atoms with Crippen LogP contribution in [0.15, 0.2) is 54.7 Å². The molecule has 3 atom stereocenters. The molecule has 1 fully saturated rings. The number of hydrogen-bond donors (Lipinski definition) is 3. The highest BCUT2D eigenvalue weighted by Crippen LogP contribution is 2.48. The molecular weight excluding hydrogens is 402 g/mol. The van der Waals surface area contributed by atoms with E-state index in [1.54, 1.807) is 23.2 Å². The van der Waals surface area contributed by atoms with Crippen molar-refractivity contribution >= 4 is 40.4 Å². The standard InChI is InChI=1S/C22H19N3O4S/c26-19(18-11-30-21-15-7-2-1-6-14(15)20(27)25(18)21)24-17(22(28)29)9-12-10-23-16-8-4-3-5-13(12)16/h1-8,10,17-18,21,23H,9,11H2,(H,24,26)(H,28,29)/t17-,18+,21?/m1/s1. The van der Waals surface area contributed by atoms with Gasteiger partial charge >= 0.3 is 5.97 Å². The average molecular weight is 421 g/mol. The molecule has 7 nitrogen and oxygen atoms in total. The van der Waals surface area contributed by atoms with Crippen molar-refractivity contribution < 1.29 is 19.5 Å². The molecule has 1 aromatic heterocycles. The van der Waals surface area contributed by atoms with Gasteiger partial charge in [-0.05, 0) is 23.3 Å². The predicted molar refractivity (Wildman–Crippen MR) is 113 cm³/mol. The summed E-state index contributed by atoms with van der Waals surface area (Å²) in [5, 5.41) is 13.1. The Labute approximate surface area is 176 Å². The highest BCUT2D eigenvalue weighted by molar-refractivity contribution is 7.99. The molecule has 2 aromatic carbocycles. The lowest BCUT2D eigenvalue weighted by Crippen LogP contribution is -2.51. The summed E-state index contributed by atoms with van der Waals surface area (Å²) < 4.78 is 0. The molecule has 0 saturated carbocycles. The maximum absolute atomic E-state index is 13.0. The molecule has 2 amide bonds. The first-order chi connectivity index (χ1) is 14.5. The molecule has 0 spiro atoms. The van der Waals surface area contributed by atoms with Crippen LogP contribution < -0.4 is 5.32 Å². The molecule has 0 bridgehead atoms. The van der Waals surface area contributed by atoms with Gasteiger partial charge in [0.05, 0.1) is 0 Å². The highest BCUT2D eigenvalue weighted by atomic mass is 32.2. The largest absolute Gasteiger partial charge is 0.480 e. The van der Waals surface area contributed by atoms with Crippen LogP contribution in [0.25, 0.3) is 10.9 Å². The maximum atomic E-state index is 13.0. The van der Waals surface area contributed by atoms with Crippen LogP contribution in [0.4, 0.5) is 0 Å². The first-order valence-corrected chi connectivity index (χ1v) is 10.7. The molecule has 30 heavy (non-hydrogen) atoms. The number of aliphatic carboxylic acids is 1. The number of carboxylic acid groups (broad SMARTS) is 1. The minimum absolute atomic E-state index is 0.155. The number of carboxylic acids is 1. The second-order valence-electron chi connectivity index (χ2n) is 7.46. The number of thioether (sulfide) groups is 1. The van der Waals surface area contributed by atoms with Gasteiger partial charge in [-0.25, -0.2) is 4.79 Å². The van der Waals surface area contributed by atoms with Crippen LogP contribution in [-0.2, 0) is 16.0 Å². The van der Waals surface area contributed by atoms with Crippen LogP contribution in [0.2, 0.25) is 0 Å². The summed E-state index contributed by atoms with van der Waals surface area (Å²) in [6.45, 7) is 0. The van der Waals surface area contributed by atoms with E-state index in [4.69, 9.17) is 0 Å². The van der Waals surface area contributed by atoms with E-state index < -0.39 is 24.0 Å². The predicted octanol–water partition coefficient (Wildman–Crippen LogP) is 2.55. The van der Waals surface area contributed by atoms with Crippen molar-refractivity contribution in [3.8, 4) is 0 Å². The number of benzene rings is 2. The fourth-order valence-electron chi connectivity index (χ4n) is 4.23. The Morgan fingerprint density at radius 3 is 2.80 bits per heavy atom. The number of carbonyl (C=O) groups excluding carboxylic acids is 2. The summed E-state index contributed by atoms with van der Waals surface area (Å²) in [5.41, 5.74) is 3.26. The van der Waals surface area contributed by atoms with Crippen molar-refractivity contribution in [3.63, 3.8) is 0 Å². The molecule has 2 aliphatic heterocycles. The Hall–Kier alpha value is -3.26. The van der Waals surface area contributed by atoms with Gasteiger partial charge in [-0.2, -0.15) is 0 Å². The first kappa shape index (κ1) is 18.7. The molecule has 0 radical (unpaired) electrons. The van der Waals surface area contributed by atoms with Crippen molar-refractivity contribution in [1.82, 2.24) is 15.2 Å². The van der Waals surface area contributed by atoms with Gasteiger partial charge in [0.1, 0.15) is 17.5 Å². The van der Waals surface area contributed by atoms with Crippen molar-refractivity contribution in [2.45, 2.75) is 23.9 Å². The smallest absolute Gasteiger partial charge is 0.326 e. The Morgan fingerprint density at radius 1 is 1.20 bits per heavy atom. The van der Waals surface area contributed by atoms with Crippen LogP contribution in [0.5, 0.6) is 0 Å². The SMILES string of the molecule is O=C(O)[C@@H](Cc1c[nH]c2ccccc12)NC(=O)[C@@H]1CSC2c3ccccc3C(=O)N21. The number of nitrogens with one attached hydrogen (secondary N) is 2. The minimum Gasteiger partial charge on any atom is -0.480 e. The number of nitrogens with zero attached hydrogens (tertiary/aromatic N) is 1. The monoisotopic (exact) mass is 421 g/mol. The van der Waals surface area contributed by atoms with Crippen LogP contribution >= 0.6 is 11.8 Å². The van der Waals surface area contributed by atoms with E-state index in [1.165, 1.54) is 11.8 Å². The van der Waals surface area contributed by atoms with E-state index in [0.29, 0.717) is 11.3 Å². The van der Waals surface area contributed by atoms with Gasteiger partial charge in [0, 0.05) is 34.8 Å². The van der Waals surface area contributed by atoms with Gasteiger partial charge in [-0.1, -0.05) is 36.4 Å². The number of H-pyrrole nitrogens is 1. The lowest BCUT2D eigenvalue weighted by molar-refractivity contribution is -0.142. The van der Waals surface area contributed by atoms with Crippen molar-refractivity contribution in [3.05, 3.63) is 71.4 Å². The lowest BCUT2D eigenvalue weighted by Gasteiger charge is -2.24. The molecule has 1 saturated heterocycles. The summed E-state index contributed by atoms with van der Waals surface area (Å²) in [5.74, 6) is -1.27. The van der Waals surface area contributed by atoms with Gasteiger partial charge in [-0.3, -0.25) is 9.59 Å². The molecule has 8 heteroatoms. The van der Waals surface area contributed by atoms with Gasteiger partial charge in [0.2, 0.25) is 5.91 Å². The zero-order valence-corrected chi connectivity index (χ0v) is 16.7. The third-order valence-electron chi connectivity index (χ3n) is 5.71. The quantitative estimate of drug-likeness (QED) is 0.588. The number of hydrogen-bond acceptors (Lipinski definition) is 4. The summed E-state index contributed by atoms with van der Waals surface area (Å²) in [4.78, 5) is 42.4. The highest BCUT2D eigenvalue weighted by Gasteiger charge is 2.48. The fraction of sp³-hybridized carbons (Fsp3) is 0.227. The van der Waals surface area contributed by atoms with E-state index in [-0.39, 0.29) is 17.7 Å². The van der Waals surface area contributed by atoms with Crippen molar-refractivity contribution in [2.24, 2.45) is 0 Å². The van der Waals surface area contributed by atoms with E-state index in [9.17, 15) is 19.5 Å². The van der Waals surface area contributed by atoms with E-state index in [2.05, 4.69) is 10.3 Å². The second kappa shape index (κ2) is 7.21. The topological polar surface area (TPSA) is 102 Å². The number of aromatic nitrogens is 1. The normalized spacial score (nSPS) is 20.8. The number of amides is 2. The number of aromatic amines is 1. The minimum atomic E-state index is -1.10. The Kier molecular flexibility index (Phi) is 4.51. The molecule has 0 aliphatic carbocycles. The summed E-state index contributed by atoms with van der Waals surface area (Å²) in [6.07, 6.45) is 1.93. The maximum Gasteiger partial charge on any atom is 0.326 e. The number of para-hydroxylation sites is 1. The summed E-state index contributed by atoms with van der Waals surface area (Å²) in [6, 6.07) is 13.2. The lowest BCUT2D eigenvalue weighted by atomic mass is 10.0. The van der Waals surface area contributed by atoms with E-state index >= 15 is 0 Å². The van der Waals surface area contributed by atoms with Crippen molar-refractivity contribution in [1.29, 1.82) is 0 Å². The van der Waals surface area contributed by atoms with Crippen LogP contribution in [0.1, 0.15) is 26.9 Å².